The summed E-state index contributed by atoms with van der Waals surface area (Å²) in [5.41, 5.74) is 2.99. The van der Waals surface area contributed by atoms with Gasteiger partial charge in [0.05, 0.1) is 26.2 Å². The zero-order chi connectivity index (χ0) is 22.7. The Morgan fingerprint density at radius 3 is 2.47 bits per heavy atom. The molecule has 1 aliphatic heterocycles. The second-order valence-corrected chi connectivity index (χ2v) is 7.61. The Hall–Kier alpha value is -3.87. The molecule has 0 fully saturated rings. The molecular weight excluding hydrogens is 406 g/mol. The van der Waals surface area contributed by atoms with Crippen molar-refractivity contribution >= 4 is 11.8 Å². The number of ether oxygens (including phenoxy) is 2. The van der Waals surface area contributed by atoms with Crippen LogP contribution in [-0.4, -0.2) is 43.0 Å². The van der Waals surface area contributed by atoms with Crippen LogP contribution >= 0.6 is 0 Å². The maximum absolute atomic E-state index is 13.5. The van der Waals surface area contributed by atoms with E-state index in [9.17, 15) is 9.59 Å². The van der Waals surface area contributed by atoms with E-state index in [0.717, 1.165) is 11.1 Å². The van der Waals surface area contributed by atoms with E-state index in [-0.39, 0.29) is 11.8 Å². The van der Waals surface area contributed by atoms with Crippen molar-refractivity contribution in [3.05, 3.63) is 89.2 Å². The van der Waals surface area contributed by atoms with Crippen LogP contribution in [-0.2, 0) is 11.3 Å². The normalized spacial score (nSPS) is 17.5. The summed E-state index contributed by atoms with van der Waals surface area (Å²) in [6, 6.07) is 16.0. The second kappa shape index (κ2) is 9.09. The van der Waals surface area contributed by atoms with Crippen molar-refractivity contribution in [2.45, 2.75) is 18.5 Å². The van der Waals surface area contributed by atoms with Crippen LogP contribution < -0.4 is 14.8 Å². The van der Waals surface area contributed by atoms with E-state index in [4.69, 9.17) is 9.47 Å². The molecule has 1 N–H and O–H groups in total. The van der Waals surface area contributed by atoms with Gasteiger partial charge in [-0.25, -0.2) is 0 Å². The van der Waals surface area contributed by atoms with E-state index in [2.05, 4.69) is 10.3 Å². The lowest BCUT2D eigenvalue weighted by molar-refractivity contribution is -0.124. The Balaban J connectivity index is 1.76. The van der Waals surface area contributed by atoms with Crippen LogP contribution in [0.2, 0.25) is 0 Å². The molecule has 0 saturated carbocycles. The molecule has 0 spiro atoms. The lowest BCUT2D eigenvalue weighted by Crippen LogP contribution is -2.45. The number of amides is 2. The minimum Gasteiger partial charge on any atom is -0.493 e. The average molecular weight is 431 g/mol. The first kappa shape index (κ1) is 21.4. The van der Waals surface area contributed by atoms with Crippen molar-refractivity contribution < 1.29 is 19.1 Å². The van der Waals surface area contributed by atoms with Gasteiger partial charge in [-0.05, 0) is 47.0 Å². The molecule has 2 aromatic carbocycles. The summed E-state index contributed by atoms with van der Waals surface area (Å²) in [6.07, 6.45) is 3.38. The van der Waals surface area contributed by atoms with Gasteiger partial charge in [-0.3, -0.25) is 14.6 Å². The van der Waals surface area contributed by atoms with Gasteiger partial charge >= 0.3 is 0 Å². The third-order valence-electron chi connectivity index (χ3n) is 5.83. The molecule has 1 aliphatic rings. The molecular formula is C25H25N3O4. The molecule has 2 heterocycles. The first-order valence-corrected chi connectivity index (χ1v) is 10.3. The fraction of sp³-hybridized carbons (Fsp3) is 0.240. The molecule has 0 radical (unpaired) electrons. The van der Waals surface area contributed by atoms with Crippen LogP contribution in [0.1, 0.15) is 39.0 Å². The van der Waals surface area contributed by atoms with Gasteiger partial charge in [0.25, 0.3) is 5.91 Å². The number of hydrogen-bond acceptors (Lipinski definition) is 5. The summed E-state index contributed by atoms with van der Waals surface area (Å²) in [5.74, 6) is 0.251. The van der Waals surface area contributed by atoms with Crippen molar-refractivity contribution in [3.8, 4) is 11.5 Å². The molecule has 2 unspecified atom stereocenters. The zero-order valence-electron chi connectivity index (χ0n) is 18.2. The number of nitrogens with one attached hydrogen (secondary N) is 1. The van der Waals surface area contributed by atoms with E-state index in [1.54, 1.807) is 50.7 Å². The van der Waals surface area contributed by atoms with Crippen LogP contribution in [0.4, 0.5) is 0 Å². The maximum Gasteiger partial charge on any atom is 0.254 e. The van der Waals surface area contributed by atoms with Crippen LogP contribution in [0.3, 0.4) is 0 Å². The number of likely N-dealkylation sites (N-methyl/N-ethyl adjacent to an activating group) is 1. The van der Waals surface area contributed by atoms with Gasteiger partial charge < -0.3 is 19.7 Å². The van der Waals surface area contributed by atoms with Crippen molar-refractivity contribution in [2.75, 3.05) is 21.3 Å². The number of benzene rings is 2. The summed E-state index contributed by atoms with van der Waals surface area (Å²) in [5, 5.41) is 3.04. The molecule has 7 nitrogen and oxygen atoms in total. The lowest BCUT2D eigenvalue weighted by atomic mass is 9.79. The number of nitrogens with zero attached hydrogens (tertiary/aromatic N) is 2. The van der Waals surface area contributed by atoms with Crippen molar-refractivity contribution in [3.63, 3.8) is 0 Å². The molecule has 1 aromatic heterocycles. The highest BCUT2D eigenvalue weighted by Gasteiger charge is 2.42. The number of carbonyl (C=O) groups is 2. The number of carbonyl (C=O) groups excluding carboxylic acids is 2. The quantitative estimate of drug-likeness (QED) is 0.648. The summed E-state index contributed by atoms with van der Waals surface area (Å²) in [4.78, 5) is 32.3. The number of hydrogen-bond donors (Lipinski definition) is 1. The van der Waals surface area contributed by atoms with Crippen LogP contribution in [0, 0.1) is 0 Å². The van der Waals surface area contributed by atoms with E-state index in [0.29, 0.717) is 29.2 Å². The highest BCUT2D eigenvalue weighted by Crippen LogP contribution is 2.43. The van der Waals surface area contributed by atoms with Crippen molar-refractivity contribution in [2.24, 2.45) is 0 Å². The fourth-order valence-corrected chi connectivity index (χ4v) is 4.21. The van der Waals surface area contributed by atoms with Gasteiger partial charge in [0, 0.05) is 31.5 Å². The summed E-state index contributed by atoms with van der Waals surface area (Å²) in [6.45, 7) is 0.371. The first-order chi connectivity index (χ1) is 15.5. The average Bonchev–Trinajstić information content (AvgIpc) is 2.84. The van der Waals surface area contributed by atoms with Gasteiger partial charge in [-0.2, -0.15) is 0 Å². The third kappa shape index (κ3) is 3.89. The Morgan fingerprint density at radius 1 is 1.03 bits per heavy atom. The minimum absolute atomic E-state index is 0.126. The molecule has 2 atom stereocenters. The molecule has 7 heteroatoms. The summed E-state index contributed by atoms with van der Waals surface area (Å²) < 4.78 is 10.8. The molecule has 0 bridgehead atoms. The molecule has 2 amide bonds. The molecule has 164 valence electrons. The van der Waals surface area contributed by atoms with E-state index in [1.165, 1.54) is 0 Å². The smallest absolute Gasteiger partial charge is 0.254 e. The maximum atomic E-state index is 13.5. The zero-order valence-corrected chi connectivity index (χ0v) is 18.2. The predicted molar refractivity (Wildman–Crippen MR) is 120 cm³/mol. The summed E-state index contributed by atoms with van der Waals surface area (Å²) in [7, 11) is 4.85. The predicted octanol–water partition coefficient (Wildman–Crippen LogP) is 3.33. The Morgan fingerprint density at radius 2 is 1.75 bits per heavy atom. The first-order valence-electron chi connectivity index (χ1n) is 10.3. The van der Waals surface area contributed by atoms with Crippen molar-refractivity contribution in [1.29, 1.82) is 0 Å². The molecule has 32 heavy (non-hydrogen) atoms. The fourth-order valence-electron chi connectivity index (χ4n) is 4.21. The largest absolute Gasteiger partial charge is 0.493 e. The number of fused-ring (bicyclic) bond motifs is 1. The highest BCUT2D eigenvalue weighted by atomic mass is 16.5. The van der Waals surface area contributed by atoms with Crippen LogP contribution in [0.15, 0.2) is 67.0 Å². The molecule has 0 saturated heterocycles. The second-order valence-electron chi connectivity index (χ2n) is 7.61. The van der Waals surface area contributed by atoms with Crippen molar-refractivity contribution in [1.82, 2.24) is 15.2 Å². The minimum atomic E-state index is -0.589. The Kier molecular flexibility index (Phi) is 6.07. The van der Waals surface area contributed by atoms with Crippen LogP contribution in [0.5, 0.6) is 11.5 Å². The number of methoxy groups -OCH3 is 2. The third-order valence-corrected chi connectivity index (χ3v) is 5.83. The van der Waals surface area contributed by atoms with E-state index >= 15 is 0 Å². The van der Waals surface area contributed by atoms with E-state index in [1.807, 2.05) is 42.5 Å². The standard InChI is InChI=1S/C25H25N3O4/c1-28-23(17-8-9-20(31-2)21(14-17)32-3)22(18-6-4-5-7-19(18)25(28)30)24(29)27-15-16-10-12-26-13-11-16/h4-14,22-23H,15H2,1-3H3,(H,27,29). The van der Waals surface area contributed by atoms with Gasteiger partial charge in [-0.1, -0.05) is 24.3 Å². The summed E-state index contributed by atoms with van der Waals surface area (Å²) >= 11 is 0. The highest BCUT2D eigenvalue weighted by molar-refractivity contribution is 6.01. The van der Waals surface area contributed by atoms with Gasteiger partial charge in [0.2, 0.25) is 5.91 Å². The van der Waals surface area contributed by atoms with Gasteiger partial charge in [0.15, 0.2) is 11.5 Å². The van der Waals surface area contributed by atoms with E-state index < -0.39 is 12.0 Å². The SMILES string of the molecule is COc1ccc(C2C(C(=O)NCc3ccncc3)c3ccccc3C(=O)N2C)cc1OC. The Labute approximate surface area is 187 Å². The monoisotopic (exact) mass is 431 g/mol. The molecule has 3 aromatic rings. The van der Waals surface area contributed by atoms with Gasteiger partial charge in [-0.15, -0.1) is 0 Å². The lowest BCUT2D eigenvalue weighted by Gasteiger charge is -2.40. The Bertz CT molecular complexity index is 1130. The van der Waals surface area contributed by atoms with Crippen LogP contribution in [0.25, 0.3) is 0 Å². The number of aromatic nitrogens is 1. The number of rotatable bonds is 6. The topological polar surface area (TPSA) is 80.8 Å². The number of pyridine rings is 1. The van der Waals surface area contributed by atoms with Gasteiger partial charge in [0.1, 0.15) is 0 Å². The molecule has 4 rings (SSSR count). The molecule has 0 aliphatic carbocycles.